The zero-order chi connectivity index (χ0) is 20.7. The summed E-state index contributed by atoms with van der Waals surface area (Å²) in [6.45, 7) is 6.17. The number of halogens is 2. The predicted octanol–water partition coefficient (Wildman–Crippen LogP) is 5.61. The summed E-state index contributed by atoms with van der Waals surface area (Å²) in [6, 6.07) is 13.1. The molecule has 28 heavy (non-hydrogen) atoms. The maximum absolute atomic E-state index is 9.27. The molecule has 0 atom stereocenters. The number of nitrogens with zero attached hydrogens (tertiary/aromatic N) is 2. The molecule has 0 saturated carbocycles. The third-order valence-corrected chi connectivity index (χ3v) is 5.02. The number of thiocarbonyl (C=S) groups is 1. The lowest BCUT2D eigenvalue weighted by Crippen LogP contribution is -2.21. The van der Waals surface area contributed by atoms with Crippen LogP contribution in [0.4, 0.5) is 5.69 Å². The normalized spacial score (nSPS) is 11.0. The van der Waals surface area contributed by atoms with Gasteiger partial charge in [0, 0.05) is 46.0 Å². The Morgan fingerprint density at radius 1 is 1.21 bits per heavy atom. The lowest BCUT2D eigenvalue weighted by Gasteiger charge is -2.22. The molecule has 0 aromatic heterocycles. The van der Waals surface area contributed by atoms with Crippen molar-refractivity contribution in [2.75, 3.05) is 18.0 Å². The molecule has 0 unspecified atom stereocenters. The van der Waals surface area contributed by atoms with E-state index in [1.165, 1.54) is 0 Å². The number of hydrogen-bond acceptors (Lipinski definition) is 4. The fourth-order valence-corrected chi connectivity index (χ4v) is 3.23. The van der Waals surface area contributed by atoms with Crippen molar-refractivity contribution in [3.63, 3.8) is 0 Å². The van der Waals surface area contributed by atoms with E-state index in [1.54, 1.807) is 18.2 Å². The minimum Gasteiger partial charge on any atom is -0.488 e. The van der Waals surface area contributed by atoms with E-state index in [0.29, 0.717) is 21.4 Å². The molecule has 2 rings (SSSR count). The minimum atomic E-state index is 0.0435. The number of hydrogen-bond donors (Lipinski definition) is 1. The van der Waals surface area contributed by atoms with Crippen molar-refractivity contribution in [1.82, 2.24) is 0 Å². The van der Waals surface area contributed by atoms with Crippen LogP contribution in [0, 0.1) is 11.3 Å². The van der Waals surface area contributed by atoms with Gasteiger partial charge in [0.2, 0.25) is 0 Å². The van der Waals surface area contributed by atoms with Crippen LogP contribution >= 0.6 is 35.4 Å². The third-order valence-electron chi connectivity index (χ3n) is 4.21. The number of nitriles is 1. The second-order valence-corrected chi connectivity index (χ2v) is 7.24. The van der Waals surface area contributed by atoms with Crippen molar-refractivity contribution >= 4 is 52.2 Å². The van der Waals surface area contributed by atoms with Crippen LogP contribution in [0.1, 0.15) is 25.0 Å². The highest BCUT2D eigenvalue weighted by molar-refractivity contribution is 7.80. The summed E-state index contributed by atoms with van der Waals surface area (Å²) in [7, 11) is 0. The van der Waals surface area contributed by atoms with Crippen molar-refractivity contribution < 1.29 is 4.74 Å². The molecule has 0 aliphatic heterocycles. The number of benzene rings is 2. The Balaban J connectivity index is 2.42. The smallest absolute Gasteiger partial charge is 0.129 e. The topological polar surface area (TPSA) is 62.3 Å². The number of ether oxygens (including phenoxy) is 1. The summed E-state index contributed by atoms with van der Waals surface area (Å²) >= 11 is 17.1. The number of nitrogens with two attached hydrogens (primary N) is 1. The molecule has 2 aromatic rings. The van der Waals surface area contributed by atoms with Gasteiger partial charge >= 0.3 is 0 Å². The van der Waals surface area contributed by atoms with E-state index >= 15 is 0 Å². The molecule has 0 radical (unpaired) electrons. The van der Waals surface area contributed by atoms with Crippen LogP contribution in [0.3, 0.4) is 0 Å². The lowest BCUT2D eigenvalue weighted by molar-refractivity contribution is 0.305. The van der Waals surface area contributed by atoms with E-state index in [-0.39, 0.29) is 17.2 Å². The zero-order valence-corrected chi connectivity index (χ0v) is 18.0. The van der Waals surface area contributed by atoms with Crippen LogP contribution in [0.2, 0.25) is 10.0 Å². The maximum atomic E-state index is 9.27. The highest BCUT2D eigenvalue weighted by atomic mass is 35.5. The van der Waals surface area contributed by atoms with Gasteiger partial charge in [-0.15, -0.1) is 0 Å². The molecule has 2 aromatic carbocycles. The van der Waals surface area contributed by atoms with Gasteiger partial charge in [-0.3, -0.25) is 0 Å². The molecule has 0 bridgehead atoms. The van der Waals surface area contributed by atoms with Crippen LogP contribution in [0.5, 0.6) is 5.75 Å². The summed E-state index contributed by atoms with van der Waals surface area (Å²) in [4.78, 5) is 2.25. The fourth-order valence-electron chi connectivity index (χ4n) is 2.66. The van der Waals surface area contributed by atoms with Gasteiger partial charge in [-0.25, -0.2) is 0 Å². The molecule has 0 spiro atoms. The molecule has 0 heterocycles. The summed E-state index contributed by atoms with van der Waals surface area (Å²) in [5.74, 6) is 0.611. The summed E-state index contributed by atoms with van der Waals surface area (Å²) in [5.41, 5.74) is 8.39. The Morgan fingerprint density at radius 2 is 1.93 bits per heavy atom. The third kappa shape index (κ3) is 5.62. The van der Waals surface area contributed by atoms with Crippen LogP contribution in [0.15, 0.2) is 42.0 Å². The molecule has 4 nitrogen and oxygen atoms in total. The average molecular weight is 434 g/mol. The Bertz CT molecular complexity index is 934. The van der Waals surface area contributed by atoms with Gasteiger partial charge in [0.05, 0.1) is 5.57 Å². The minimum absolute atomic E-state index is 0.0435. The largest absolute Gasteiger partial charge is 0.488 e. The highest BCUT2D eigenvalue weighted by Crippen LogP contribution is 2.30. The fraction of sp³-hybridized carbons (Fsp3) is 0.238. The summed E-state index contributed by atoms with van der Waals surface area (Å²) < 4.78 is 6.06. The Morgan fingerprint density at radius 3 is 2.50 bits per heavy atom. The van der Waals surface area contributed by atoms with Crippen LogP contribution < -0.4 is 15.4 Å². The summed E-state index contributed by atoms with van der Waals surface area (Å²) in [6.07, 6.45) is 1.63. The molecule has 0 fully saturated rings. The van der Waals surface area contributed by atoms with Crippen molar-refractivity contribution in [1.29, 1.82) is 5.26 Å². The first-order valence-electron chi connectivity index (χ1n) is 8.76. The molecular formula is C21H21Cl2N3OS. The van der Waals surface area contributed by atoms with Crippen LogP contribution in [-0.2, 0) is 6.61 Å². The van der Waals surface area contributed by atoms with Gasteiger partial charge in [0.15, 0.2) is 0 Å². The highest BCUT2D eigenvalue weighted by Gasteiger charge is 2.11. The van der Waals surface area contributed by atoms with Gasteiger partial charge in [0.25, 0.3) is 0 Å². The second kappa shape index (κ2) is 10.3. The Hall–Kier alpha value is -2.26. The Kier molecular flexibility index (Phi) is 8.13. The second-order valence-electron chi connectivity index (χ2n) is 5.95. The van der Waals surface area contributed by atoms with Gasteiger partial charge in [-0.1, -0.05) is 41.5 Å². The summed E-state index contributed by atoms with van der Waals surface area (Å²) in [5, 5.41) is 10.4. The van der Waals surface area contributed by atoms with E-state index in [0.717, 1.165) is 24.3 Å². The van der Waals surface area contributed by atoms with Crippen molar-refractivity contribution in [2.24, 2.45) is 5.73 Å². The van der Waals surface area contributed by atoms with E-state index in [9.17, 15) is 5.26 Å². The molecule has 2 N–H and O–H groups in total. The maximum Gasteiger partial charge on any atom is 0.129 e. The molecule has 0 saturated heterocycles. The molecular weight excluding hydrogens is 413 g/mol. The molecule has 146 valence electrons. The quantitative estimate of drug-likeness (QED) is 0.332. The van der Waals surface area contributed by atoms with E-state index in [1.807, 2.05) is 30.3 Å². The van der Waals surface area contributed by atoms with Gasteiger partial charge < -0.3 is 15.4 Å². The van der Waals surface area contributed by atoms with Gasteiger partial charge in [-0.05, 0) is 44.2 Å². The monoisotopic (exact) mass is 433 g/mol. The zero-order valence-electron chi connectivity index (χ0n) is 15.7. The number of anilines is 1. The van der Waals surface area contributed by atoms with Gasteiger partial charge in [-0.2, -0.15) is 5.26 Å². The standard InChI is InChI=1S/C21H21Cl2N3OS/c1-3-26(4-2)18-8-6-14(9-16(12-24)21(25)28)20(11-18)27-13-15-5-7-17(22)10-19(15)23/h5-11H,3-4,13H2,1-2H3,(H2,25,28)/b16-9-. The van der Waals surface area contributed by atoms with Crippen LogP contribution in [-0.4, -0.2) is 18.1 Å². The molecule has 0 aliphatic carbocycles. The van der Waals surface area contributed by atoms with E-state index in [2.05, 4.69) is 18.7 Å². The van der Waals surface area contributed by atoms with E-state index < -0.39 is 0 Å². The molecule has 0 aliphatic rings. The van der Waals surface area contributed by atoms with E-state index in [4.69, 9.17) is 45.9 Å². The van der Waals surface area contributed by atoms with Crippen molar-refractivity contribution in [3.8, 4) is 11.8 Å². The Labute approximate surface area is 181 Å². The first kappa shape index (κ1) is 22.0. The first-order valence-corrected chi connectivity index (χ1v) is 9.93. The number of rotatable bonds is 8. The first-order chi connectivity index (χ1) is 13.4. The SMILES string of the molecule is CCN(CC)c1ccc(/C=C(/C#N)C(N)=S)c(OCc2ccc(Cl)cc2Cl)c1. The molecule has 7 heteroatoms. The predicted molar refractivity (Wildman–Crippen MR) is 121 cm³/mol. The van der Waals surface area contributed by atoms with Crippen LogP contribution in [0.25, 0.3) is 6.08 Å². The lowest BCUT2D eigenvalue weighted by atomic mass is 10.1. The van der Waals surface area contributed by atoms with Gasteiger partial charge in [0.1, 0.15) is 23.4 Å². The average Bonchev–Trinajstić information content (AvgIpc) is 2.67. The van der Waals surface area contributed by atoms with Crippen molar-refractivity contribution in [3.05, 3.63) is 63.1 Å². The van der Waals surface area contributed by atoms with Crippen molar-refractivity contribution in [2.45, 2.75) is 20.5 Å². The molecule has 0 amide bonds.